The van der Waals surface area contributed by atoms with E-state index in [0.717, 1.165) is 35.3 Å². The molecule has 318 valence electrons. The second-order valence-electron chi connectivity index (χ2n) is 14.9. The summed E-state index contributed by atoms with van der Waals surface area (Å²) in [6, 6.07) is 22.5. The third-order valence-electron chi connectivity index (χ3n) is 10.5. The van der Waals surface area contributed by atoms with E-state index >= 15 is 0 Å². The lowest BCUT2D eigenvalue weighted by Gasteiger charge is -2.24. The first-order chi connectivity index (χ1) is 29.6. The highest BCUT2D eigenvalue weighted by molar-refractivity contribution is 6.25. The molecule has 0 saturated heterocycles. The molecule has 1 unspecified atom stereocenters. The summed E-state index contributed by atoms with van der Waals surface area (Å²) in [5.74, 6) is -0.904. The topological polar surface area (TPSA) is 201 Å². The summed E-state index contributed by atoms with van der Waals surface area (Å²) in [5.41, 5.74) is 2.79. The summed E-state index contributed by atoms with van der Waals surface area (Å²) in [6.45, 7) is 3.25. The van der Waals surface area contributed by atoms with Crippen LogP contribution in [-0.2, 0) is 21.4 Å². The van der Waals surface area contributed by atoms with Crippen molar-refractivity contribution < 1.29 is 33.5 Å². The van der Waals surface area contributed by atoms with Gasteiger partial charge in [-0.1, -0.05) is 68.7 Å². The van der Waals surface area contributed by atoms with Crippen LogP contribution in [-0.4, -0.2) is 76.1 Å². The standard InChI is InChI=1S/C46H51N7O8/c1-3-16-37(43(57)50-29-54)53-44(58)32-20-15-21-35(40(32)45(53)59)47-24-13-14-25-48-39(55)23-9-4-5-12-26-49-42(56)36-27-33-34(28-52(2)46(60)41(33)51-36)31-19-10-11-22-38(31)61-30-17-7-6-8-18-30/h6-8,10-11,15,17-22,27-29,37,47,51H,3-5,9,12-14,16,23-26H2,1-2H3,(H,48,55)(H,49,56)(H,50,54,57). The van der Waals surface area contributed by atoms with Crippen LogP contribution in [0.5, 0.6) is 11.5 Å². The summed E-state index contributed by atoms with van der Waals surface area (Å²) < 4.78 is 7.68. The zero-order valence-corrected chi connectivity index (χ0v) is 34.4. The molecule has 0 spiro atoms. The first-order valence-electron chi connectivity index (χ1n) is 20.7. The minimum Gasteiger partial charge on any atom is -0.457 e. The van der Waals surface area contributed by atoms with Crippen LogP contribution in [0.25, 0.3) is 22.0 Å². The van der Waals surface area contributed by atoms with Crippen molar-refractivity contribution in [1.82, 2.24) is 30.4 Å². The van der Waals surface area contributed by atoms with Crippen LogP contribution < -0.4 is 31.6 Å². The highest BCUT2D eigenvalue weighted by Crippen LogP contribution is 2.37. The van der Waals surface area contributed by atoms with Crippen molar-refractivity contribution in [1.29, 1.82) is 0 Å². The number of carbonyl (C=O) groups excluding carboxylic acids is 6. The molecule has 1 aliphatic rings. The lowest BCUT2D eigenvalue weighted by atomic mass is 10.0. The number of ether oxygens (including phenoxy) is 1. The molecule has 0 aliphatic carbocycles. The van der Waals surface area contributed by atoms with E-state index in [2.05, 4.69) is 26.3 Å². The van der Waals surface area contributed by atoms with Crippen molar-refractivity contribution in [2.24, 2.45) is 7.05 Å². The number of nitrogens with zero attached hydrogens (tertiary/aromatic N) is 2. The number of pyridine rings is 1. The molecule has 6 rings (SSSR count). The largest absolute Gasteiger partial charge is 0.457 e. The molecule has 3 heterocycles. The Morgan fingerprint density at radius 2 is 1.49 bits per heavy atom. The maximum absolute atomic E-state index is 13.4. The number of amides is 6. The van der Waals surface area contributed by atoms with E-state index in [1.807, 2.05) is 61.5 Å². The van der Waals surface area contributed by atoms with Gasteiger partial charge in [-0.05, 0) is 68.5 Å². The Morgan fingerprint density at radius 1 is 0.787 bits per heavy atom. The van der Waals surface area contributed by atoms with Gasteiger partial charge in [0.15, 0.2) is 0 Å². The van der Waals surface area contributed by atoms with Gasteiger partial charge in [0.2, 0.25) is 18.2 Å². The fourth-order valence-electron chi connectivity index (χ4n) is 7.45. The Hall–Kier alpha value is -7.03. The van der Waals surface area contributed by atoms with Gasteiger partial charge in [-0.2, -0.15) is 0 Å². The van der Waals surface area contributed by atoms with Crippen molar-refractivity contribution in [3.8, 4) is 22.6 Å². The molecular weight excluding hydrogens is 779 g/mol. The SMILES string of the molecule is CCCC(C(=O)NC=O)N1C(=O)c2cccc(NCCCCNC(=O)CCCCCCNC(=O)c3cc4c(-c5ccccc5Oc5ccccc5)cn(C)c(=O)c4[nH]3)c2C1=O. The Kier molecular flexibility index (Phi) is 14.8. The number of fused-ring (bicyclic) bond motifs is 2. The Balaban J connectivity index is 0.887. The normalized spacial score (nSPS) is 12.5. The molecule has 6 amide bonds. The van der Waals surface area contributed by atoms with Gasteiger partial charge >= 0.3 is 0 Å². The van der Waals surface area contributed by atoms with E-state index in [4.69, 9.17) is 4.74 Å². The summed E-state index contributed by atoms with van der Waals surface area (Å²) in [5, 5.41) is 11.8. The minimum absolute atomic E-state index is 0.0369. The van der Waals surface area contributed by atoms with E-state index in [1.165, 1.54) is 4.57 Å². The molecule has 0 bridgehead atoms. The molecule has 15 nitrogen and oxygen atoms in total. The minimum atomic E-state index is -1.09. The molecular formula is C46H51N7O8. The highest BCUT2D eigenvalue weighted by Gasteiger charge is 2.43. The fraction of sp³-hybridized carbons (Fsp3) is 0.326. The quantitative estimate of drug-likeness (QED) is 0.0313. The smallest absolute Gasteiger partial charge is 0.274 e. The molecule has 2 aromatic heterocycles. The van der Waals surface area contributed by atoms with E-state index in [-0.39, 0.29) is 47.0 Å². The number of hydrogen-bond acceptors (Lipinski definition) is 9. The first kappa shape index (κ1) is 43.5. The molecule has 5 aromatic rings. The van der Waals surface area contributed by atoms with Gasteiger partial charge in [0.25, 0.3) is 23.3 Å². The van der Waals surface area contributed by atoms with Crippen molar-refractivity contribution in [3.05, 3.63) is 112 Å². The number of aromatic amines is 1. The maximum Gasteiger partial charge on any atom is 0.274 e. The van der Waals surface area contributed by atoms with Gasteiger partial charge < -0.3 is 30.2 Å². The lowest BCUT2D eigenvalue weighted by Crippen LogP contribution is -2.49. The number of para-hydroxylation sites is 2. The van der Waals surface area contributed by atoms with Crippen LogP contribution in [0.4, 0.5) is 5.69 Å². The second kappa shape index (κ2) is 20.8. The number of nitrogens with one attached hydrogen (secondary N) is 5. The van der Waals surface area contributed by atoms with Crippen LogP contribution in [0.15, 0.2) is 89.9 Å². The molecule has 61 heavy (non-hydrogen) atoms. The van der Waals surface area contributed by atoms with Gasteiger partial charge in [-0.25, -0.2) is 0 Å². The van der Waals surface area contributed by atoms with Crippen LogP contribution in [0.3, 0.4) is 0 Å². The zero-order chi connectivity index (χ0) is 43.3. The lowest BCUT2D eigenvalue weighted by molar-refractivity contribution is -0.128. The summed E-state index contributed by atoms with van der Waals surface area (Å²) in [6.07, 6.45) is 7.62. The number of unbranched alkanes of at least 4 members (excludes halogenated alkanes) is 4. The fourth-order valence-corrected chi connectivity index (χ4v) is 7.45. The van der Waals surface area contributed by atoms with Gasteiger partial charge in [0, 0.05) is 61.5 Å². The molecule has 15 heteroatoms. The Bertz CT molecular complexity index is 2460. The number of rotatable bonds is 22. The van der Waals surface area contributed by atoms with Crippen molar-refractivity contribution in [3.63, 3.8) is 0 Å². The second-order valence-corrected chi connectivity index (χ2v) is 14.9. The van der Waals surface area contributed by atoms with E-state index in [1.54, 1.807) is 37.5 Å². The van der Waals surface area contributed by atoms with E-state index < -0.39 is 23.8 Å². The van der Waals surface area contributed by atoms with Gasteiger partial charge in [-0.15, -0.1) is 0 Å². The van der Waals surface area contributed by atoms with Crippen LogP contribution in [0.2, 0.25) is 0 Å². The highest BCUT2D eigenvalue weighted by atomic mass is 16.5. The number of aromatic nitrogens is 2. The third kappa shape index (κ3) is 10.4. The number of aryl methyl sites for hydroxylation is 1. The van der Waals surface area contributed by atoms with Gasteiger partial charge in [0.1, 0.15) is 28.8 Å². The molecule has 1 atom stereocenters. The summed E-state index contributed by atoms with van der Waals surface area (Å²) in [7, 11) is 1.67. The van der Waals surface area contributed by atoms with Crippen molar-refractivity contribution in [2.45, 2.75) is 70.8 Å². The summed E-state index contributed by atoms with van der Waals surface area (Å²) in [4.78, 5) is 92.6. The number of anilines is 1. The van der Waals surface area contributed by atoms with Gasteiger partial charge in [0.05, 0.1) is 11.1 Å². The van der Waals surface area contributed by atoms with E-state index in [0.29, 0.717) is 79.8 Å². The molecule has 0 saturated carbocycles. The average molecular weight is 830 g/mol. The van der Waals surface area contributed by atoms with Gasteiger partial charge in [-0.3, -0.25) is 43.8 Å². The van der Waals surface area contributed by atoms with Crippen LogP contribution in [0, 0.1) is 0 Å². The number of carbonyl (C=O) groups is 6. The molecule has 1 aliphatic heterocycles. The third-order valence-corrected chi connectivity index (χ3v) is 10.5. The zero-order valence-electron chi connectivity index (χ0n) is 34.4. The first-order valence-corrected chi connectivity index (χ1v) is 20.7. The van der Waals surface area contributed by atoms with Crippen LogP contribution >= 0.6 is 0 Å². The Labute approximate surface area is 353 Å². The molecule has 0 fully saturated rings. The Morgan fingerprint density at radius 3 is 2.28 bits per heavy atom. The van der Waals surface area contributed by atoms with Crippen molar-refractivity contribution >= 4 is 52.5 Å². The molecule has 3 aromatic carbocycles. The predicted octanol–water partition coefficient (Wildman–Crippen LogP) is 6.05. The number of hydrogen-bond donors (Lipinski definition) is 5. The van der Waals surface area contributed by atoms with E-state index in [9.17, 15) is 33.6 Å². The monoisotopic (exact) mass is 829 g/mol. The number of imide groups is 2. The molecule has 0 radical (unpaired) electrons. The molecule has 5 N–H and O–H groups in total. The predicted molar refractivity (Wildman–Crippen MR) is 231 cm³/mol. The average Bonchev–Trinajstić information content (AvgIpc) is 3.82. The summed E-state index contributed by atoms with van der Waals surface area (Å²) >= 11 is 0. The maximum atomic E-state index is 13.4. The van der Waals surface area contributed by atoms with Crippen molar-refractivity contribution in [2.75, 3.05) is 25.0 Å². The van der Waals surface area contributed by atoms with Crippen LogP contribution in [0.1, 0.15) is 95.9 Å². The number of benzene rings is 3. The number of H-pyrrole nitrogens is 1.